The number of ether oxygens (including phenoxy) is 2. The summed E-state index contributed by atoms with van der Waals surface area (Å²) in [6.07, 6.45) is 0. The molecule has 1 amide bonds. The second kappa shape index (κ2) is 9.27. The van der Waals surface area contributed by atoms with Crippen LogP contribution in [0.15, 0.2) is 53.4 Å². The molecular formula is C19H24N2O5S. The Labute approximate surface area is 160 Å². The molecule has 0 saturated carbocycles. The summed E-state index contributed by atoms with van der Waals surface area (Å²) in [6, 6.07) is 12.6. The first kappa shape index (κ1) is 20.6. The van der Waals surface area contributed by atoms with Gasteiger partial charge in [-0.3, -0.25) is 9.52 Å². The van der Waals surface area contributed by atoms with E-state index in [2.05, 4.69) is 4.72 Å². The van der Waals surface area contributed by atoms with Gasteiger partial charge in [-0.15, -0.1) is 0 Å². The topological polar surface area (TPSA) is 84.9 Å². The molecule has 0 aromatic heterocycles. The van der Waals surface area contributed by atoms with Crippen molar-refractivity contribution in [3.05, 3.63) is 48.5 Å². The molecule has 0 aliphatic carbocycles. The van der Waals surface area contributed by atoms with Crippen molar-refractivity contribution in [1.82, 2.24) is 4.90 Å². The Morgan fingerprint density at radius 3 is 2.30 bits per heavy atom. The van der Waals surface area contributed by atoms with Crippen LogP contribution < -0.4 is 14.2 Å². The molecule has 0 atom stereocenters. The van der Waals surface area contributed by atoms with E-state index in [0.29, 0.717) is 30.3 Å². The maximum atomic E-state index is 12.5. The lowest BCUT2D eigenvalue weighted by Crippen LogP contribution is -2.34. The number of benzene rings is 2. The van der Waals surface area contributed by atoms with Gasteiger partial charge in [0, 0.05) is 19.2 Å². The Morgan fingerprint density at radius 2 is 1.70 bits per heavy atom. The van der Waals surface area contributed by atoms with Crippen molar-refractivity contribution in [2.75, 3.05) is 31.5 Å². The quantitative estimate of drug-likeness (QED) is 0.709. The SMILES string of the molecule is CCN(CC)C(=O)COc1ccc(S(=O)(=O)Nc2cccc(OC)c2)cc1. The molecule has 0 aliphatic rings. The number of methoxy groups -OCH3 is 1. The molecule has 0 fully saturated rings. The minimum atomic E-state index is -3.74. The molecule has 0 bridgehead atoms. The summed E-state index contributed by atoms with van der Waals surface area (Å²) < 4.78 is 38.0. The number of hydrogen-bond acceptors (Lipinski definition) is 5. The average Bonchev–Trinajstić information content (AvgIpc) is 2.67. The fourth-order valence-electron chi connectivity index (χ4n) is 2.43. The van der Waals surface area contributed by atoms with Crippen molar-refractivity contribution < 1.29 is 22.7 Å². The largest absolute Gasteiger partial charge is 0.497 e. The van der Waals surface area contributed by atoms with Crippen LogP contribution >= 0.6 is 0 Å². The molecule has 2 rings (SSSR count). The molecule has 27 heavy (non-hydrogen) atoms. The highest BCUT2D eigenvalue weighted by Crippen LogP contribution is 2.22. The summed E-state index contributed by atoms with van der Waals surface area (Å²) in [6.45, 7) is 4.94. The van der Waals surface area contributed by atoms with Gasteiger partial charge in [0.15, 0.2) is 6.61 Å². The summed E-state index contributed by atoms with van der Waals surface area (Å²) >= 11 is 0. The molecule has 2 aromatic rings. The standard InChI is InChI=1S/C19H24N2O5S/c1-4-21(5-2)19(22)14-26-16-9-11-18(12-10-16)27(23,24)20-15-7-6-8-17(13-15)25-3/h6-13,20H,4-5,14H2,1-3H3. The smallest absolute Gasteiger partial charge is 0.261 e. The van der Waals surface area contributed by atoms with Gasteiger partial charge in [0.05, 0.1) is 17.7 Å². The molecular weight excluding hydrogens is 368 g/mol. The van der Waals surface area contributed by atoms with Crippen molar-refractivity contribution in [2.45, 2.75) is 18.7 Å². The van der Waals surface area contributed by atoms with Gasteiger partial charge in [-0.2, -0.15) is 0 Å². The van der Waals surface area contributed by atoms with E-state index in [4.69, 9.17) is 9.47 Å². The summed E-state index contributed by atoms with van der Waals surface area (Å²) in [5.41, 5.74) is 0.402. The first-order valence-electron chi connectivity index (χ1n) is 8.57. The zero-order chi connectivity index (χ0) is 19.9. The van der Waals surface area contributed by atoms with Gasteiger partial charge in [-0.25, -0.2) is 8.42 Å². The Hall–Kier alpha value is -2.74. The van der Waals surface area contributed by atoms with E-state index >= 15 is 0 Å². The van der Waals surface area contributed by atoms with E-state index in [1.54, 1.807) is 29.2 Å². The van der Waals surface area contributed by atoms with Crippen LogP contribution in [-0.2, 0) is 14.8 Å². The number of likely N-dealkylation sites (N-methyl/N-ethyl adjacent to an activating group) is 1. The minimum Gasteiger partial charge on any atom is -0.497 e. The zero-order valence-electron chi connectivity index (χ0n) is 15.6. The number of sulfonamides is 1. The molecule has 0 radical (unpaired) electrons. The number of rotatable bonds is 9. The van der Waals surface area contributed by atoms with Gasteiger partial charge in [-0.05, 0) is 50.2 Å². The summed E-state index contributed by atoms with van der Waals surface area (Å²) in [7, 11) is -2.23. The van der Waals surface area contributed by atoms with Gasteiger partial charge >= 0.3 is 0 Å². The molecule has 0 saturated heterocycles. The van der Waals surface area contributed by atoms with E-state index in [1.807, 2.05) is 13.8 Å². The van der Waals surface area contributed by atoms with Crippen molar-refractivity contribution >= 4 is 21.6 Å². The summed E-state index contributed by atoms with van der Waals surface area (Å²) in [5, 5.41) is 0. The van der Waals surface area contributed by atoms with Gasteiger partial charge in [0.25, 0.3) is 15.9 Å². The van der Waals surface area contributed by atoms with E-state index < -0.39 is 10.0 Å². The highest BCUT2D eigenvalue weighted by atomic mass is 32.2. The van der Waals surface area contributed by atoms with E-state index in [9.17, 15) is 13.2 Å². The Balaban J connectivity index is 2.03. The lowest BCUT2D eigenvalue weighted by Gasteiger charge is -2.18. The number of amides is 1. The van der Waals surface area contributed by atoms with E-state index in [-0.39, 0.29) is 17.4 Å². The number of carbonyl (C=O) groups excluding carboxylic acids is 1. The normalized spacial score (nSPS) is 10.9. The van der Waals surface area contributed by atoms with Crippen LogP contribution in [0, 0.1) is 0 Å². The monoisotopic (exact) mass is 392 g/mol. The predicted octanol–water partition coefficient (Wildman–Crippen LogP) is 2.74. The van der Waals surface area contributed by atoms with Crippen molar-refractivity contribution in [3.8, 4) is 11.5 Å². The van der Waals surface area contributed by atoms with Crippen LogP contribution in [-0.4, -0.2) is 46.0 Å². The lowest BCUT2D eigenvalue weighted by molar-refractivity contribution is -0.132. The Morgan fingerprint density at radius 1 is 1.04 bits per heavy atom. The molecule has 1 N–H and O–H groups in total. The van der Waals surface area contributed by atoms with Gasteiger partial charge in [0.2, 0.25) is 0 Å². The maximum Gasteiger partial charge on any atom is 0.261 e. The first-order chi connectivity index (χ1) is 12.9. The third-order valence-corrected chi connectivity index (χ3v) is 5.33. The molecule has 2 aromatic carbocycles. The minimum absolute atomic E-state index is 0.0875. The Bertz CT molecular complexity index is 862. The molecule has 8 heteroatoms. The molecule has 0 heterocycles. The number of hydrogen-bond donors (Lipinski definition) is 1. The number of anilines is 1. The highest BCUT2D eigenvalue weighted by molar-refractivity contribution is 7.92. The van der Waals surface area contributed by atoms with Gasteiger partial charge in [-0.1, -0.05) is 6.07 Å². The van der Waals surface area contributed by atoms with Crippen LogP contribution in [0.3, 0.4) is 0 Å². The fraction of sp³-hybridized carbons (Fsp3) is 0.316. The average molecular weight is 392 g/mol. The molecule has 0 unspecified atom stereocenters. The molecule has 0 aliphatic heterocycles. The molecule has 146 valence electrons. The number of nitrogens with one attached hydrogen (secondary N) is 1. The highest BCUT2D eigenvalue weighted by Gasteiger charge is 2.15. The number of nitrogens with zero attached hydrogens (tertiary/aromatic N) is 1. The zero-order valence-corrected chi connectivity index (χ0v) is 16.5. The van der Waals surface area contributed by atoms with Crippen molar-refractivity contribution in [1.29, 1.82) is 0 Å². The third-order valence-electron chi connectivity index (χ3n) is 3.93. The van der Waals surface area contributed by atoms with Crippen LogP contribution in [0.1, 0.15) is 13.8 Å². The van der Waals surface area contributed by atoms with Crippen LogP contribution in [0.25, 0.3) is 0 Å². The molecule has 0 spiro atoms. The fourth-order valence-corrected chi connectivity index (χ4v) is 3.48. The number of carbonyl (C=O) groups is 1. The van der Waals surface area contributed by atoms with Gasteiger partial charge < -0.3 is 14.4 Å². The molecule has 7 nitrogen and oxygen atoms in total. The van der Waals surface area contributed by atoms with E-state index in [0.717, 1.165) is 0 Å². The van der Waals surface area contributed by atoms with E-state index in [1.165, 1.54) is 31.4 Å². The van der Waals surface area contributed by atoms with Crippen molar-refractivity contribution in [3.63, 3.8) is 0 Å². The first-order valence-corrected chi connectivity index (χ1v) is 10.1. The predicted molar refractivity (Wildman–Crippen MR) is 104 cm³/mol. The van der Waals surface area contributed by atoms with Crippen LogP contribution in [0.4, 0.5) is 5.69 Å². The summed E-state index contributed by atoms with van der Waals surface area (Å²) in [5.74, 6) is 0.865. The maximum absolute atomic E-state index is 12.5. The third kappa shape index (κ3) is 5.62. The second-order valence-electron chi connectivity index (χ2n) is 5.66. The second-order valence-corrected chi connectivity index (χ2v) is 7.35. The van der Waals surface area contributed by atoms with Crippen LogP contribution in [0.5, 0.6) is 11.5 Å². The Kier molecular flexibility index (Phi) is 7.06. The summed E-state index contributed by atoms with van der Waals surface area (Å²) in [4.78, 5) is 13.7. The lowest BCUT2D eigenvalue weighted by atomic mass is 10.3. The van der Waals surface area contributed by atoms with Crippen molar-refractivity contribution in [2.24, 2.45) is 0 Å². The van der Waals surface area contributed by atoms with Crippen LogP contribution in [0.2, 0.25) is 0 Å². The van der Waals surface area contributed by atoms with Gasteiger partial charge in [0.1, 0.15) is 11.5 Å².